The van der Waals surface area contributed by atoms with Gasteiger partial charge in [0.05, 0.1) is 6.61 Å². The molecule has 98 valence electrons. The Morgan fingerprint density at radius 1 is 1.61 bits per heavy atom. The largest absolute Gasteiger partial charge is 0.486 e. The minimum absolute atomic E-state index is 0.0961. The summed E-state index contributed by atoms with van der Waals surface area (Å²) >= 11 is 0. The number of amides is 1. The van der Waals surface area contributed by atoms with E-state index in [1.54, 1.807) is 13.0 Å². The zero-order chi connectivity index (χ0) is 13.5. The summed E-state index contributed by atoms with van der Waals surface area (Å²) in [6.07, 6.45) is 0.609. The van der Waals surface area contributed by atoms with E-state index in [0.717, 1.165) is 0 Å². The van der Waals surface area contributed by atoms with Crippen molar-refractivity contribution in [3.63, 3.8) is 0 Å². The second-order valence-electron chi connectivity index (χ2n) is 3.55. The first-order chi connectivity index (χ1) is 8.54. The molecule has 0 saturated carbocycles. The van der Waals surface area contributed by atoms with Gasteiger partial charge in [0.1, 0.15) is 5.69 Å². The first kappa shape index (κ1) is 13.8. The summed E-state index contributed by atoms with van der Waals surface area (Å²) in [5.41, 5.74) is 2.52. The van der Waals surface area contributed by atoms with Crippen molar-refractivity contribution < 1.29 is 14.5 Å². The second kappa shape index (κ2) is 6.50. The number of nitro groups is 1. The van der Waals surface area contributed by atoms with E-state index in [2.05, 4.69) is 4.98 Å². The summed E-state index contributed by atoms with van der Waals surface area (Å²) < 4.78 is 5.22. The molecule has 1 rings (SSSR count). The number of ether oxygens (including phenoxy) is 1. The van der Waals surface area contributed by atoms with Crippen LogP contribution in [0.15, 0.2) is 12.1 Å². The molecule has 1 aromatic heterocycles. The van der Waals surface area contributed by atoms with E-state index in [1.807, 2.05) is 5.43 Å². The van der Waals surface area contributed by atoms with Crippen molar-refractivity contribution in [2.45, 2.75) is 19.8 Å². The normalized spacial score (nSPS) is 9.89. The van der Waals surface area contributed by atoms with Gasteiger partial charge in [-0.3, -0.25) is 10.2 Å². The number of carbonyl (C=O) groups excluding carboxylic acids is 1. The third-order valence-corrected chi connectivity index (χ3v) is 2.12. The van der Waals surface area contributed by atoms with Crippen LogP contribution in [0.5, 0.6) is 5.75 Å². The van der Waals surface area contributed by atoms with Gasteiger partial charge in [-0.2, -0.15) is 0 Å². The van der Waals surface area contributed by atoms with Crippen molar-refractivity contribution in [2.24, 2.45) is 5.84 Å². The van der Waals surface area contributed by atoms with Crippen molar-refractivity contribution in [1.82, 2.24) is 10.4 Å². The number of nitrogens with one attached hydrogen (secondary N) is 1. The number of hydrazine groups is 1. The van der Waals surface area contributed by atoms with E-state index < -0.39 is 4.92 Å². The maximum absolute atomic E-state index is 10.8. The number of aromatic nitrogens is 1. The highest BCUT2D eigenvalue weighted by molar-refractivity contribution is 5.75. The lowest BCUT2D eigenvalue weighted by atomic mass is 10.3. The maximum Gasteiger partial charge on any atom is 0.406 e. The Kier molecular flexibility index (Phi) is 5.00. The smallest absolute Gasteiger partial charge is 0.406 e. The van der Waals surface area contributed by atoms with Crippen molar-refractivity contribution in [2.75, 3.05) is 6.61 Å². The number of aryl methyl sites for hydroxylation is 1. The highest BCUT2D eigenvalue weighted by Gasteiger charge is 2.17. The molecular formula is C10H14N4O4. The van der Waals surface area contributed by atoms with Gasteiger partial charge in [-0.15, -0.1) is 0 Å². The number of hydrogen-bond donors (Lipinski definition) is 2. The van der Waals surface area contributed by atoms with Crippen molar-refractivity contribution in [1.29, 1.82) is 0 Å². The second-order valence-corrected chi connectivity index (χ2v) is 3.55. The lowest BCUT2D eigenvalue weighted by molar-refractivity contribution is -0.390. The fraction of sp³-hybridized carbons (Fsp3) is 0.400. The monoisotopic (exact) mass is 254 g/mol. The molecule has 0 aliphatic rings. The molecule has 0 fully saturated rings. The Bertz CT molecular complexity index is 450. The summed E-state index contributed by atoms with van der Waals surface area (Å²) in [5, 5.41) is 10.7. The topological polar surface area (TPSA) is 120 Å². The van der Waals surface area contributed by atoms with Crippen molar-refractivity contribution in [3.05, 3.63) is 27.9 Å². The molecule has 8 nitrogen and oxygen atoms in total. The SMILES string of the molecule is Cc1ccc(OCCCC(=O)NN)c([N+](=O)[O-])n1. The first-order valence-corrected chi connectivity index (χ1v) is 5.29. The number of nitrogens with zero attached hydrogens (tertiary/aromatic N) is 2. The number of rotatable bonds is 6. The zero-order valence-corrected chi connectivity index (χ0v) is 9.88. The van der Waals surface area contributed by atoms with Gasteiger partial charge in [0.15, 0.2) is 0 Å². The minimum Gasteiger partial charge on any atom is -0.486 e. The summed E-state index contributed by atoms with van der Waals surface area (Å²) in [7, 11) is 0. The van der Waals surface area contributed by atoms with Crippen LogP contribution in [0, 0.1) is 17.0 Å². The van der Waals surface area contributed by atoms with Crippen LogP contribution < -0.4 is 16.0 Å². The van der Waals surface area contributed by atoms with Crippen LogP contribution in [0.1, 0.15) is 18.5 Å². The molecule has 0 atom stereocenters. The van der Waals surface area contributed by atoms with E-state index in [1.165, 1.54) is 6.07 Å². The molecule has 18 heavy (non-hydrogen) atoms. The van der Waals surface area contributed by atoms with Crippen LogP contribution >= 0.6 is 0 Å². The standard InChI is InChI=1S/C10H14N4O4/c1-7-4-5-8(10(12-7)14(16)17)18-6-2-3-9(15)13-11/h4-5H,2-3,6,11H2,1H3,(H,13,15). The number of nitrogens with two attached hydrogens (primary N) is 1. The summed E-state index contributed by atoms with van der Waals surface area (Å²) in [6, 6.07) is 3.11. The quantitative estimate of drug-likeness (QED) is 0.250. The van der Waals surface area contributed by atoms with Gasteiger partial charge in [0.2, 0.25) is 11.7 Å². The van der Waals surface area contributed by atoms with Crippen LogP contribution in [0.25, 0.3) is 0 Å². The average molecular weight is 254 g/mol. The van der Waals surface area contributed by atoms with Gasteiger partial charge < -0.3 is 14.9 Å². The molecule has 3 N–H and O–H groups in total. The molecule has 0 aliphatic heterocycles. The van der Waals surface area contributed by atoms with Crippen molar-refractivity contribution in [3.8, 4) is 5.75 Å². The predicted molar refractivity (Wildman–Crippen MR) is 62.7 cm³/mol. The molecule has 1 aromatic rings. The summed E-state index contributed by atoms with van der Waals surface area (Å²) in [4.78, 5) is 24.8. The Balaban J connectivity index is 2.56. The average Bonchev–Trinajstić information content (AvgIpc) is 2.35. The fourth-order valence-electron chi connectivity index (χ4n) is 1.26. The van der Waals surface area contributed by atoms with Gasteiger partial charge in [0, 0.05) is 13.3 Å². The third kappa shape index (κ3) is 3.98. The van der Waals surface area contributed by atoms with Crippen LogP contribution in [-0.4, -0.2) is 22.4 Å². The van der Waals surface area contributed by atoms with E-state index in [-0.39, 0.29) is 30.5 Å². The number of pyridine rings is 1. The molecule has 1 heterocycles. The lowest BCUT2D eigenvalue weighted by Gasteiger charge is -2.06. The summed E-state index contributed by atoms with van der Waals surface area (Å²) in [6.45, 7) is 1.83. The summed E-state index contributed by atoms with van der Waals surface area (Å²) in [5.74, 6) is 4.37. The molecule has 0 aliphatic carbocycles. The van der Waals surface area contributed by atoms with Crippen LogP contribution in [0.2, 0.25) is 0 Å². The first-order valence-electron chi connectivity index (χ1n) is 5.29. The Morgan fingerprint density at radius 3 is 2.94 bits per heavy atom. The van der Waals surface area contributed by atoms with Gasteiger partial charge >= 0.3 is 5.82 Å². The van der Waals surface area contributed by atoms with Crippen molar-refractivity contribution >= 4 is 11.7 Å². The molecule has 1 amide bonds. The zero-order valence-electron chi connectivity index (χ0n) is 9.88. The predicted octanol–water partition coefficient (Wildman–Crippen LogP) is 0.447. The number of carbonyl (C=O) groups is 1. The Morgan fingerprint density at radius 2 is 2.33 bits per heavy atom. The van der Waals surface area contributed by atoms with Crippen LogP contribution in [0.4, 0.5) is 5.82 Å². The van der Waals surface area contributed by atoms with Gasteiger partial charge in [-0.05, 0) is 28.5 Å². The fourth-order valence-corrected chi connectivity index (χ4v) is 1.26. The third-order valence-electron chi connectivity index (χ3n) is 2.12. The van der Waals surface area contributed by atoms with Gasteiger partial charge in [-0.1, -0.05) is 0 Å². The maximum atomic E-state index is 10.8. The molecule has 0 radical (unpaired) electrons. The molecule has 0 aromatic carbocycles. The Labute approximate surface area is 103 Å². The van der Waals surface area contributed by atoms with E-state index in [9.17, 15) is 14.9 Å². The molecule has 8 heteroatoms. The van der Waals surface area contributed by atoms with E-state index >= 15 is 0 Å². The molecule has 0 unspecified atom stereocenters. The Hall–Kier alpha value is -2.22. The number of hydrogen-bond acceptors (Lipinski definition) is 6. The highest BCUT2D eigenvalue weighted by Crippen LogP contribution is 2.24. The molecular weight excluding hydrogens is 240 g/mol. The van der Waals surface area contributed by atoms with Crippen LogP contribution in [-0.2, 0) is 4.79 Å². The van der Waals surface area contributed by atoms with Crippen LogP contribution in [0.3, 0.4) is 0 Å². The van der Waals surface area contributed by atoms with E-state index in [0.29, 0.717) is 12.1 Å². The van der Waals surface area contributed by atoms with Gasteiger partial charge in [-0.25, -0.2) is 5.84 Å². The molecule has 0 saturated heterocycles. The minimum atomic E-state index is -0.602. The highest BCUT2D eigenvalue weighted by atomic mass is 16.6. The lowest BCUT2D eigenvalue weighted by Crippen LogP contribution is -2.30. The van der Waals surface area contributed by atoms with Gasteiger partial charge in [0.25, 0.3) is 0 Å². The molecule has 0 bridgehead atoms. The molecule has 0 spiro atoms. The van der Waals surface area contributed by atoms with E-state index in [4.69, 9.17) is 10.6 Å².